The highest BCUT2D eigenvalue weighted by molar-refractivity contribution is 5.42. The van der Waals surface area contributed by atoms with Crippen LogP contribution < -0.4 is 5.32 Å². The van der Waals surface area contributed by atoms with E-state index in [9.17, 15) is 10.2 Å². The van der Waals surface area contributed by atoms with Crippen molar-refractivity contribution in [3.63, 3.8) is 0 Å². The van der Waals surface area contributed by atoms with Crippen molar-refractivity contribution >= 4 is 0 Å². The molecule has 3 nitrogen and oxygen atoms in total. The zero-order valence-electron chi connectivity index (χ0n) is 9.12. The third-order valence-corrected chi connectivity index (χ3v) is 3.38. The predicted molar refractivity (Wildman–Crippen MR) is 58.7 cm³/mol. The van der Waals surface area contributed by atoms with Gasteiger partial charge in [0.2, 0.25) is 0 Å². The van der Waals surface area contributed by atoms with Gasteiger partial charge in [-0.05, 0) is 36.6 Å². The molecule has 0 aromatic heterocycles. The summed E-state index contributed by atoms with van der Waals surface area (Å²) in [6.45, 7) is 4.77. The number of phenols is 1. The number of aliphatic hydroxyl groups excluding tert-OH is 1. The first kappa shape index (κ1) is 10.5. The van der Waals surface area contributed by atoms with Gasteiger partial charge >= 0.3 is 0 Å². The summed E-state index contributed by atoms with van der Waals surface area (Å²) < 4.78 is 0. The lowest BCUT2D eigenvalue weighted by Gasteiger charge is -2.38. The molecule has 1 heterocycles. The molecule has 2 unspecified atom stereocenters. The first-order valence-electron chi connectivity index (χ1n) is 5.33. The molecule has 0 saturated carbocycles. The third-order valence-electron chi connectivity index (χ3n) is 3.38. The van der Waals surface area contributed by atoms with Crippen LogP contribution in [0.3, 0.4) is 0 Å². The van der Waals surface area contributed by atoms with E-state index in [4.69, 9.17) is 0 Å². The number of rotatable bonds is 1. The van der Waals surface area contributed by atoms with Crippen molar-refractivity contribution < 1.29 is 10.2 Å². The van der Waals surface area contributed by atoms with Crippen LogP contribution in [-0.2, 0) is 5.54 Å². The number of nitrogens with one attached hydrogen (secondary N) is 1. The molecule has 0 fully saturated rings. The zero-order chi connectivity index (χ0) is 11.1. The predicted octanol–water partition coefficient (Wildman–Crippen LogP) is 1.65. The largest absolute Gasteiger partial charge is 0.508 e. The lowest BCUT2D eigenvalue weighted by molar-refractivity contribution is 0.136. The maximum Gasteiger partial charge on any atom is 0.115 e. The van der Waals surface area contributed by atoms with Gasteiger partial charge in [0.1, 0.15) is 5.75 Å². The Balaban J connectivity index is 2.55. The van der Waals surface area contributed by atoms with Crippen LogP contribution in [0, 0.1) is 0 Å². The van der Waals surface area contributed by atoms with Crippen molar-refractivity contribution in [2.75, 3.05) is 6.54 Å². The van der Waals surface area contributed by atoms with E-state index in [0.717, 1.165) is 17.5 Å². The minimum absolute atomic E-state index is 0.0950. The molecule has 1 aromatic rings. The second-order valence-corrected chi connectivity index (χ2v) is 4.35. The molecule has 2 rings (SSSR count). The fourth-order valence-electron chi connectivity index (χ4n) is 2.17. The third kappa shape index (κ3) is 1.62. The number of β-amino-alcohol motifs (C(OH)–C–C–N with tert-alkyl or cyclic N) is 1. The van der Waals surface area contributed by atoms with E-state index in [1.165, 1.54) is 0 Å². The normalized spacial score (nSPS) is 29.9. The van der Waals surface area contributed by atoms with Crippen LogP contribution >= 0.6 is 0 Å². The van der Waals surface area contributed by atoms with Gasteiger partial charge in [0.25, 0.3) is 0 Å². The maximum atomic E-state index is 9.84. The van der Waals surface area contributed by atoms with Crippen LogP contribution in [0.5, 0.6) is 5.75 Å². The first-order valence-corrected chi connectivity index (χ1v) is 5.33. The Labute approximate surface area is 89.8 Å². The number of phenolic OH excluding ortho intramolecular Hbond substituents is 1. The zero-order valence-corrected chi connectivity index (χ0v) is 9.12. The maximum absolute atomic E-state index is 9.84. The quantitative estimate of drug-likeness (QED) is 0.656. The molecule has 0 radical (unpaired) electrons. The van der Waals surface area contributed by atoms with Gasteiger partial charge in [-0.15, -0.1) is 0 Å². The van der Waals surface area contributed by atoms with Gasteiger partial charge in [0, 0.05) is 12.1 Å². The van der Waals surface area contributed by atoms with Crippen LogP contribution in [0.25, 0.3) is 0 Å². The van der Waals surface area contributed by atoms with Crippen LogP contribution in [0.2, 0.25) is 0 Å². The van der Waals surface area contributed by atoms with Crippen molar-refractivity contribution in [3.05, 3.63) is 29.3 Å². The Hall–Kier alpha value is -1.06. The number of fused-ring (bicyclic) bond motifs is 1. The van der Waals surface area contributed by atoms with Gasteiger partial charge in [0.15, 0.2) is 0 Å². The summed E-state index contributed by atoms with van der Waals surface area (Å²) in [5, 5.41) is 22.6. The highest BCUT2D eigenvalue weighted by atomic mass is 16.3. The van der Waals surface area contributed by atoms with Crippen molar-refractivity contribution in [2.45, 2.75) is 31.9 Å². The van der Waals surface area contributed by atoms with E-state index in [-0.39, 0.29) is 11.3 Å². The molecule has 3 heteroatoms. The molecule has 1 aliphatic heterocycles. The molecule has 3 N–H and O–H groups in total. The minimum atomic E-state index is -0.522. The number of hydrogen-bond acceptors (Lipinski definition) is 3. The van der Waals surface area contributed by atoms with Gasteiger partial charge in [-0.1, -0.05) is 13.0 Å². The molecule has 0 amide bonds. The Morgan fingerprint density at radius 3 is 2.93 bits per heavy atom. The lowest BCUT2D eigenvalue weighted by Crippen LogP contribution is -2.46. The van der Waals surface area contributed by atoms with Gasteiger partial charge < -0.3 is 15.5 Å². The number of hydrogen-bond donors (Lipinski definition) is 3. The molecule has 15 heavy (non-hydrogen) atoms. The van der Waals surface area contributed by atoms with E-state index in [1.807, 2.05) is 6.07 Å². The standard InChI is InChI=1S/C12H17NO2/c1-3-12(2)10-5-4-8(14)6-9(10)11(15)7-13-12/h4-6,11,13-15H,3,7H2,1-2H3. The summed E-state index contributed by atoms with van der Waals surface area (Å²) in [4.78, 5) is 0. The minimum Gasteiger partial charge on any atom is -0.508 e. The number of aliphatic hydroxyl groups is 1. The van der Waals surface area contributed by atoms with E-state index >= 15 is 0 Å². The van der Waals surface area contributed by atoms with Crippen molar-refractivity contribution in [3.8, 4) is 5.75 Å². The average Bonchev–Trinajstić information content (AvgIpc) is 2.24. The smallest absolute Gasteiger partial charge is 0.115 e. The van der Waals surface area contributed by atoms with E-state index < -0.39 is 6.10 Å². The highest BCUT2D eigenvalue weighted by Gasteiger charge is 2.33. The molecule has 82 valence electrons. The average molecular weight is 207 g/mol. The monoisotopic (exact) mass is 207 g/mol. The lowest BCUT2D eigenvalue weighted by atomic mass is 9.81. The van der Waals surface area contributed by atoms with E-state index in [0.29, 0.717) is 6.54 Å². The van der Waals surface area contributed by atoms with E-state index in [2.05, 4.69) is 19.2 Å². The summed E-state index contributed by atoms with van der Waals surface area (Å²) >= 11 is 0. The second-order valence-electron chi connectivity index (χ2n) is 4.35. The Kier molecular flexibility index (Phi) is 2.44. The Morgan fingerprint density at radius 2 is 2.27 bits per heavy atom. The molecule has 2 atom stereocenters. The molecular weight excluding hydrogens is 190 g/mol. The van der Waals surface area contributed by atoms with Gasteiger partial charge in [0.05, 0.1) is 6.10 Å². The fourth-order valence-corrected chi connectivity index (χ4v) is 2.17. The first-order chi connectivity index (χ1) is 7.07. The Morgan fingerprint density at radius 1 is 1.53 bits per heavy atom. The SMILES string of the molecule is CCC1(C)NCC(O)c2cc(O)ccc21. The molecule has 0 saturated heterocycles. The van der Waals surface area contributed by atoms with Crippen molar-refractivity contribution in [2.24, 2.45) is 0 Å². The summed E-state index contributed by atoms with van der Waals surface area (Å²) in [7, 11) is 0. The fraction of sp³-hybridized carbons (Fsp3) is 0.500. The summed E-state index contributed by atoms with van der Waals surface area (Å²) in [5.74, 6) is 0.216. The molecule has 0 aliphatic carbocycles. The van der Waals surface area contributed by atoms with Crippen LogP contribution in [0.4, 0.5) is 0 Å². The van der Waals surface area contributed by atoms with Crippen molar-refractivity contribution in [1.82, 2.24) is 5.32 Å². The molecule has 1 aromatic carbocycles. The van der Waals surface area contributed by atoms with Crippen LogP contribution in [0.15, 0.2) is 18.2 Å². The molecule has 0 bridgehead atoms. The van der Waals surface area contributed by atoms with Crippen molar-refractivity contribution in [1.29, 1.82) is 0 Å². The summed E-state index contributed by atoms with van der Waals surface area (Å²) in [5.41, 5.74) is 1.84. The Bertz CT molecular complexity index is 378. The molecule has 1 aliphatic rings. The van der Waals surface area contributed by atoms with Gasteiger partial charge in [-0.2, -0.15) is 0 Å². The number of benzene rings is 1. The van der Waals surface area contributed by atoms with Crippen LogP contribution in [-0.4, -0.2) is 16.8 Å². The summed E-state index contributed by atoms with van der Waals surface area (Å²) in [6.07, 6.45) is 0.434. The summed E-state index contributed by atoms with van der Waals surface area (Å²) in [6, 6.07) is 5.23. The number of aromatic hydroxyl groups is 1. The second kappa shape index (κ2) is 3.51. The van der Waals surface area contributed by atoms with Crippen LogP contribution in [0.1, 0.15) is 37.5 Å². The highest BCUT2D eigenvalue weighted by Crippen LogP contribution is 2.36. The van der Waals surface area contributed by atoms with Gasteiger partial charge in [-0.3, -0.25) is 0 Å². The molecule has 0 spiro atoms. The van der Waals surface area contributed by atoms with Gasteiger partial charge in [-0.25, -0.2) is 0 Å². The molecular formula is C12H17NO2. The topological polar surface area (TPSA) is 52.5 Å². The van der Waals surface area contributed by atoms with E-state index in [1.54, 1.807) is 12.1 Å².